The molecule has 9 heteroatoms. The second-order valence-corrected chi connectivity index (χ2v) is 7.96. The lowest BCUT2D eigenvalue weighted by atomic mass is 10.2. The van der Waals surface area contributed by atoms with Gasteiger partial charge in [0.2, 0.25) is 5.91 Å². The molecule has 1 fully saturated rings. The molecule has 4 rings (SSSR count). The number of H-pyrrole nitrogens is 1. The number of carbonyl (C=O) groups excluding carboxylic acids is 1. The lowest BCUT2D eigenvalue weighted by Gasteiger charge is -2.12. The van der Waals surface area contributed by atoms with Gasteiger partial charge in [-0.15, -0.1) is 11.3 Å². The van der Waals surface area contributed by atoms with Crippen molar-refractivity contribution in [2.45, 2.75) is 31.5 Å². The standard InChI is InChI=1S/C19H18F3N3O2S/c1-10(15-6-7-16(28-15)27-9-19(20,21)22)23-18(26)12-8-11(12)17-24-13-4-2-3-5-14(13)25-17/h2-7,10-12H,8-9H2,1H3,(H,23,26)(H,24,25). The summed E-state index contributed by atoms with van der Waals surface area (Å²) < 4.78 is 41.4. The number of thiophene rings is 1. The van der Waals surface area contributed by atoms with Crippen molar-refractivity contribution in [1.29, 1.82) is 0 Å². The summed E-state index contributed by atoms with van der Waals surface area (Å²) in [4.78, 5) is 21.1. The number of aromatic amines is 1. The average Bonchev–Trinajstić information content (AvgIpc) is 3.11. The largest absolute Gasteiger partial charge is 0.475 e. The first kappa shape index (κ1) is 18.8. The fourth-order valence-corrected chi connectivity index (χ4v) is 3.98. The summed E-state index contributed by atoms with van der Waals surface area (Å²) in [6.07, 6.45) is -3.65. The molecule has 2 heterocycles. The van der Waals surface area contributed by atoms with Gasteiger partial charge in [-0.05, 0) is 37.6 Å². The van der Waals surface area contributed by atoms with E-state index < -0.39 is 12.8 Å². The Morgan fingerprint density at radius 1 is 1.36 bits per heavy atom. The van der Waals surface area contributed by atoms with E-state index >= 15 is 0 Å². The van der Waals surface area contributed by atoms with Gasteiger partial charge in [-0.1, -0.05) is 12.1 Å². The van der Waals surface area contributed by atoms with Crippen molar-refractivity contribution in [3.8, 4) is 5.06 Å². The quantitative estimate of drug-likeness (QED) is 0.628. The van der Waals surface area contributed by atoms with Crippen LogP contribution < -0.4 is 10.1 Å². The Kier molecular flexibility index (Phi) is 4.78. The van der Waals surface area contributed by atoms with Gasteiger partial charge in [0, 0.05) is 16.7 Å². The van der Waals surface area contributed by atoms with Crippen LogP contribution in [0.3, 0.4) is 0 Å². The Hall–Kier alpha value is -2.55. The molecule has 1 aromatic carbocycles. The molecule has 0 aliphatic heterocycles. The Morgan fingerprint density at radius 2 is 2.14 bits per heavy atom. The number of para-hydroxylation sites is 2. The second-order valence-electron chi connectivity index (χ2n) is 6.88. The number of hydrogen-bond acceptors (Lipinski definition) is 4. The highest BCUT2D eigenvalue weighted by atomic mass is 32.1. The molecule has 3 unspecified atom stereocenters. The molecule has 2 N–H and O–H groups in total. The van der Waals surface area contributed by atoms with Crippen LogP contribution in [0.25, 0.3) is 11.0 Å². The van der Waals surface area contributed by atoms with E-state index in [-0.39, 0.29) is 28.8 Å². The van der Waals surface area contributed by atoms with Crippen molar-refractivity contribution in [2.75, 3.05) is 6.61 Å². The van der Waals surface area contributed by atoms with Gasteiger partial charge >= 0.3 is 6.18 Å². The molecule has 1 saturated carbocycles. The van der Waals surface area contributed by atoms with E-state index in [1.165, 1.54) is 6.07 Å². The van der Waals surface area contributed by atoms with Crippen molar-refractivity contribution in [1.82, 2.24) is 15.3 Å². The number of aromatic nitrogens is 2. The second kappa shape index (κ2) is 7.12. The minimum absolute atomic E-state index is 0.0635. The van der Waals surface area contributed by atoms with Gasteiger partial charge in [0.05, 0.1) is 17.1 Å². The number of halogens is 3. The number of nitrogens with one attached hydrogen (secondary N) is 2. The molecule has 0 spiro atoms. The number of imidazole rings is 1. The molecule has 148 valence electrons. The maximum atomic E-state index is 12.5. The first-order valence-electron chi connectivity index (χ1n) is 8.84. The van der Waals surface area contributed by atoms with Crippen molar-refractivity contribution < 1.29 is 22.7 Å². The van der Waals surface area contributed by atoms with E-state index in [4.69, 9.17) is 4.74 Å². The fourth-order valence-electron chi connectivity index (χ4n) is 3.12. The number of nitrogens with zero attached hydrogens (tertiary/aromatic N) is 1. The molecule has 1 aliphatic rings. The number of ether oxygens (including phenoxy) is 1. The minimum atomic E-state index is -4.37. The number of amides is 1. The van der Waals surface area contributed by atoms with Crippen LogP contribution in [0, 0.1) is 5.92 Å². The predicted octanol–water partition coefficient (Wildman–Crippen LogP) is 4.55. The highest BCUT2D eigenvalue weighted by molar-refractivity contribution is 7.13. The Labute approximate surface area is 162 Å². The summed E-state index contributed by atoms with van der Waals surface area (Å²) in [5.74, 6) is 0.648. The number of hydrogen-bond donors (Lipinski definition) is 2. The average molecular weight is 409 g/mol. The predicted molar refractivity (Wildman–Crippen MR) is 99.4 cm³/mol. The monoisotopic (exact) mass is 409 g/mol. The van der Waals surface area contributed by atoms with Crippen molar-refractivity contribution in [3.63, 3.8) is 0 Å². The zero-order valence-electron chi connectivity index (χ0n) is 14.9. The third kappa shape index (κ3) is 4.14. The Balaban J connectivity index is 1.33. The maximum absolute atomic E-state index is 12.5. The Bertz CT molecular complexity index is 965. The molecular formula is C19H18F3N3O2S. The van der Waals surface area contributed by atoms with Crippen LogP contribution in [0.2, 0.25) is 0 Å². The number of alkyl halides is 3. The van der Waals surface area contributed by atoms with E-state index in [0.29, 0.717) is 0 Å². The van der Waals surface area contributed by atoms with Gasteiger partial charge in [-0.25, -0.2) is 4.98 Å². The lowest BCUT2D eigenvalue weighted by Crippen LogP contribution is -2.28. The third-order valence-electron chi connectivity index (χ3n) is 4.65. The summed E-state index contributed by atoms with van der Waals surface area (Å²) in [6, 6.07) is 10.6. The molecule has 0 saturated heterocycles. The van der Waals surface area contributed by atoms with Crippen LogP contribution in [0.15, 0.2) is 36.4 Å². The van der Waals surface area contributed by atoms with E-state index in [1.54, 1.807) is 13.0 Å². The molecule has 5 nitrogen and oxygen atoms in total. The first-order valence-corrected chi connectivity index (χ1v) is 9.66. The van der Waals surface area contributed by atoms with E-state index in [1.807, 2.05) is 24.3 Å². The highest BCUT2D eigenvalue weighted by Crippen LogP contribution is 2.47. The molecule has 28 heavy (non-hydrogen) atoms. The van der Waals surface area contributed by atoms with Crippen molar-refractivity contribution >= 4 is 28.3 Å². The zero-order valence-corrected chi connectivity index (χ0v) is 15.7. The zero-order chi connectivity index (χ0) is 19.9. The Morgan fingerprint density at radius 3 is 2.89 bits per heavy atom. The normalized spacial score (nSPS) is 20.1. The van der Waals surface area contributed by atoms with E-state index in [9.17, 15) is 18.0 Å². The van der Waals surface area contributed by atoms with Crippen LogP contribution in [0.1, 0.15) is 36.0 Å². The number of fused-ring (bicyclic) bond motifs is 1. The van der Waals surface area contributed by atoms with E-state index in [0.717, 1.165) is 39.5 Å². The fraction of sp³-hybridized carbons (Fsp3) is 0.368. The molecule has 0 bridgehead atoms. The molecule has 3 aromatic rings. The lowest BCUT2D eigenvalue weighted by molar-refractivity contribution is -0.152. The minimum Gasteiger partial charge on any atom is -0.475 e. The smallest absolute Gasteiger partial charge is 0.422 e. The molecule has 1 aliphatic carbocycles. The molecule has 3 atom stereocenters. The molecular weight excluding hydrogens is 391 g/mol. The SMILES string of the molecule is CC(NC(=O)C1CC1c1nc2ccccc2[nH]1)c1ccc(OCC(F)(F)F)s1. The summed E-state index contributed by atoms with van der Waals surface area (Å²) in [6.45, 7) is 0.477. The van der Waals surface area contributed by atoms with E-state index in [2.05, 4.69) is 15.3 Å². The summed E-state index contributed by atoms with van der Waals surface area (Å²) in [7, 11) is 0. The summed E-state index contributed by atoms with van der Waals surface area (Å²) in [5.41, 5.74) is 1.82. The van der Waals surface area contributed by atoms with Crippen LogP contribution >= 0.6 is 11.3 Å². The first-order chi connectivity index (χ1) is 13.3. The van der Waals surface area contributed by atoms with Gasteiger partial charge in [-0.3, -0.25) is 4.79 Å². The van der Waals surface area contributed by atoms with Crippen LogP contribution in [-0.2, 0) is 4.79 Å². The molecule has 0 radical (unpaired) electrons. The van der Waals surface area contributed by atoms with Gasteiger partial charge in [0.1, 0.15) is 5.82 Å². The van der Waals surface area contributed by atoms with Crippen molar-refractivity contribution in [2.24, 2.45) is 5.92 Å². The molecule has 2 aromatic heterocycles. The number of carbonyl (C=O) groups is 1. The van der Waals surface area contributed by atoms with Gasteiger partial charge in [0.25, 0.3) is 0 Å². The third-order valence-corrected chi connectivity index (χ3v) is 5.83. The van der Waals surface area contributed by atoms with Gasteiger partial charge in [0.15, 0.2) is 11.7 Å². The maximum Gasteiger partial charge on any atom is 0.422 e. The van der Waals surface area contributed by atoms with Crippen molar-refractivity contribution in [3.05, 3.63) is 47.1 Å². The van der Waals surface area contributed by atoms with Crippen LogP contribution in [-0.4, -0.2) is 28.7 Å². The highest BCUT2D eigenvalue weighted by Gasteiger charge is 2.46. The summed E-state index contributed by atoms with van der Waals surface area (Å²) in [5, 5.41) is 3.11. The number of benzene rings is 1. The molecule has 1 amide bonds. The summed E-state index contributed by atoms with van der Waals surface area (Å²) >= 11 is 1.10. The van der Waals surface area contributed by atoms with Gasteiger partial charge in [-0.2, -0.15) is 13.2 Å². The van der Waals surface area contributed by atoms with Crippen LogP contribution in [0.5, 0.6) is 5.06 Å². The van der Waals surface area contributed by atoms with Gasteiger partial charge < -0.3 is 15.0 Å². The number of rotatable bonds is 6. The topological polar surface area (TPSA) is 67.0 Å². The van der Waals surface area contributed by atoms with Crippen LogP contribution in [0.4, 0.5) is 13.2 Å².